The lowest BCUT2D eigenvalue weighted by Gasteiger charge is -2.15. The first-order valence-corrected chi connectivity index (χ1v) is 4.42. The summed E-state index contributed by atoms with van der Waals surface area (Å²) in [6.07, 6.45) is -0.571. The molecule has 0 aromatic heterocycles. The number of carboxylic acids is 1. The van der Waals surface area contributed by atoms with Crippen molar-refractivity contribution in [2.45, 2.75) is 6.36 Å². The summed E-state index contributed by atoms with van der Waals surface area (Å²) < 4.78 is 39.5. The molecule has 2 aliphatic rings. The molecule has 0 saturated heterocycles. The summed E-state index contributed by atoms with van der Waals surface area (Å²) in [5.41, 5.74) is 0.366. The van der Waals surface area contributed by atoms with Gasteiger partial charge in [0.05, 0.1) is 5.71 Å². The van der Waals surface area contributed by atoms with Crippen LogP contribution in [0.1, 0.15) is 0 Å². The molecule has 1 aliphatic carbocycles. The molecule has 17 heavy (non-hydrogen) atoms. The smallest absolute Gasteiger partial charge is 0.477 e. The van der Waals surface area contributed by atoms with Crippen molar-refractivity contribution in [3.05, 3.63) is 41.7 Å². The first-order chi connectivity index (χ1) is 7.85. The quantitative estimate of drug-likeness (QED) is 0.807. The normalized spacial score (nSPS) is 19.6. The molecule has 1 heterocycles. The van der Waals surface area contributed by atoms with E-state index in [9.17, 15) is 18.0 Å². The van der Waals surface area contributed by atoms with E-state index in [1.165, 1.54) is 12.2 Å². The van der Waals surface area contributed by atoms with Crippen LogP contribution in [0.2, 0.25) is 0 Å². The van der Waals surface area contributed by atoms with Crippen LogP contribution in [0.25, 0.3) is 0 Å². The molecule has 1 aliphatic heterocycles. The Kier molecular flexibility index (Phi) is 2.62. The summed E-state index contributed by atoms with van der Waals surface area (Å²) in [5, 5.41) is 8.67. The number of carbonyl (C=O) groups is 1. The Balaban J connectivity index is 2.20. The third-order valence-electron chi connectivity index (χ3n) is 1.98. The number of allylic oxidation sites excluding steroid dienone is 3. The highest BCUT2D eigenvalue weighted by Crippen LogP contribution is 2.30. The Labute approximate surface area is 93.4 Å². The molecule has 0 atom stereocenters. The zero-order valence-electron chi connectivity index (χ0n) is 8.15. The average molecular weight is 244 g/mol. The summed E-state index contributed by atoms with van der Waals surface area (Å²) in [7, 11) is 0. The van der Waals surface area contributed by atoms with Gasteiger partial charge in [-0.25, -0.2) is 9.79 Å². The van der Waals surface area contributed by atoms with Crippen LogP contribution in [-0.4, -0.2) is 23.1 Å². The second-order valence-electron chi connectivity index (χ2n) is 3.21. The fourth-order valence-corrected chi connectivity index (χ4v) is 1.37. The zero-order valence-corrected chi connectivity index (χ0v) is 8.15. The number of aliphatic carboxylic acids is 1. The Bertz CT molecular complexity index is 486. The number of rotatable bonds is 2. The lowest BCUT2D eigenvalue weighted by molar-refractivity contribution is -0.313. The van der Waals surface area contributed by atoms with Gasteiger partial charge in [0.25, 0.3) is 0 Å². The third kappa shape index (κ3) is 2.62. The lowest BCUT2D eigenvalue weighted by Crippen LogP contribution is -2.17. The molecule has 1 radical (unpaired) electrons. The largest absolute Gasteiger partial charge is 0.523 e. The van der Waals surface area contributed by atoms with Crippen molar-refractivity contribution >= 4 is 11.7 Å². The highest BCUT2D eigenvalue weighted by Gasteiger charge is 2.34. The maximum atomic E-state index is 11.9. The van der Waals surface area contributed by atoms with E-state index in [1.54, 1.807) is 0 Å². The zero-order chi connectivity index (χ0) is 12.6. The van der Waals surface area contributed by atoms with Gasteiger partial charge in [0, 0.05) is 5.57 Å². The highest BCUT2D eigenvalue weighted by atomic mass is 19.4. The predicted molar refractivity (Wildman–Crippen MR) is 50.8 cm³/mol. The van der Waals surface area contributed by atoms with E-state index in [4.69, 9.17) is 5.11 Å². The molecule has 89 valence electrons. The summed E-state index contributed by atoms with van der Waals surface area (Å²) in [6, 6.07) is 0. The molecule has 1 N–H and O–H groups in total. The van der Waals surface area contributed by atoms with Crippen LogP contribution in [0.15, 0.2) is 40.6 Å². The maximum Gasteiger partial charge on any atom is 0.523 e. The minimum Gasteiger partial charge on any atom is -0.477 e. The standard InChI is InChI=1S/C10H5F3NO3/c11-10(12,13)17-6-1-2-7-5(3-6)4-8(14-7)9(15)16/h1-4H,(H,15,16). The van der Waals surface area contributed by atoms with Crippen LogP contribution in [0.4, 0.5) is 13.2 Å². The molecule has 0 aromatic carbocycles. The van der Waals surface area contributed by atoms with Crippen molar-refractivity contribution < 1.29 is 27.8 Å². The van der Waals surface area contributed by atoms with Gasteiger partial charge in [-0.15, -0.1) is 13.2 Å². The van der Waals surface area contributed by atoms with E-state index in [-0.39, 0.29) is 11.3 Å². The van der Waals surface area contributed by atoms with E-state index in [2.05, 4.69) is 9.73 Å². The van der Waals surface area contributed by atoms with E-state index < -0.39 is 18.4 Å². The first kappa shape index (κ1) is 11.6. The van der Waals surface area contributed by atoms with Gasteiger partial charge in [0.2, 0.25) is 0 Å². The fraction of sp³-hybridized carbons (Fsp3) is 0.100. The molecule has 0 unspecified atom stereocenters. The number of aliphatic imine (C=N–C) groups is 1. The lowest BCUT2D eigenvalue weighted by atomic mass is 10.0. The van der Waals surface area contributed by atoms with Crippen LogP contribution in [0.5, 0.6) is 0 Å². The minimum absolute atomic E-state index is 0.218. The Morgan fingerprint density at radius 1 is 1.29 bits per heavy atom. The molecular formula is C10H5F3NO3. The van der Waals surface area contributed by atoms with Crippen molar-refractivity contribution in [2.24, 2.45) is 4.99 Å². The number of ether oxygens (including phenoxy) is 1. The predicted octanol–water partition coefficient (Wildman–Crippen LogP) is 1.97. The van der Waals surface area contributed by atoms with Crippen molar-refractivity contribution in [1.82, 2.24) is 0 Å². The van der Waals surface area contributed by atoms with Gasteiger partial charge in [-0.05, 0) is 24.3 Å². The number of halogens is 3. The van der Waals surface area contributed by atoms with Crippen molar-refractivity contribution in [3.8, 4) is 0 Å². The number of fused-ring (bicyclic) bond motifs is 1. The van der Waals surface area contributed by atoms with E-state index in [0.29, 0.717) is 5.71 Å². The molecule has 7 heteroatoms. The van der Waals surface area contributed by atoms with Gasteiger partial charge in [-0.2, -0.15) is 0 Å². The van der Waals surface area contributed by atoms with Gasteiger partial charge >= 0.3 is 12.3 Å². The summed E-state index contributed by atoms with van der Waals surface area (Å²) in [6.45, 7) is 0. The van der Waals surface area contributed by atoms with Crippen LogP contribution >= 0.6 is 0 Å². The molecule has 4 nitrogen and oxygen atoms in total. The van der Waals surface area contributed by atoms with E-state index in [1.807, 2.05) is 0 Å². The number of hydrogen-bond acceptors (Lipinski definition) is 3. The van der Waals surface area contributed by atoms with Crippen LogP contribution < -0.4 is 0 Å². The van der Waals surface area contributed by atoms with Crippen molar-refractivity contribution in [1.29, 1.82) is 0 Å². The second-order valence-corrected chi connectivity index (χ2v) is 3.21. The average Bonchev–Trinajstić information content (AvgIpc) is 2.57. The number of nitrogens with zero attached hydrogens (tertiary/aromatic N) is 1. The summed E-state index contributed by atoms with van der Waals surface area (Å²) >= 11 is 0. The van der Waals surface area contributed by atoms with Gasteiger partial charge in [0.15, 0.2) is 6.10 Å². The van der Waals surface area contributed by atoms with E-state index >= 15 is 0 Å². The van der Waals surface area contributed by atoms with Gasteiger partial charge in [-0.3, -0.25) is 4.74 Å². The Morgan fingerprint density at radius 2 is 2.00 bits per heavy atom. The van der Waals surface area contributed by atoms with Gasteiger partial charge < -0.3 is 5.11 Å². The SMILES string of the molecule is O=C(O)C1=CC2=C[C](OC(F)(F)F)C=CC2=N1. The second kappa shape index (κ2) is 3.85. The first-order valence-electron chi connectivity index (χ1n) is 4.42. The number of alkyl halides is 3. The molecule has 0 amide bonds. The number of hydrogen-bond donors (Lipinski definition) is 1. The Morgan fingerprint density at radius 3 is 2.59 bits per heavy atom. The fourth-order valence-electron chi connectivity index (χ4n) is 1.37. The van der Waals surface area contributed by atoms with E-state index in [0.717, 1.165) is 12.2 Å². The van der Waals surface area contributed by atoms with Gasteiger partial charge in [-0.1, -0.05) is 0 Å². The molecule has 2 rings (SSSR count). The molecule has 0 saturated carbocycles. The maximum absolute atomic E-state index is 11.9. The number of carboxylic acid groups (broad SMARTS) is 1. The van der Waals surface area contributed by atoms with Crippen LogP contribution in [0, 0.1) is 6.10 Å². The van der Waals surface area contributed by atoms with Crippen LogP contribution in [0.3, 0.4) is 0 Å². The molecular weight excluding hydrogens is 239 g/mol. The van der Waals surface area contributed by atoms with Crippen molar-refractivity contribution in [3.63, 3.8) is 0 Å². The third-order valence-corrected chi connectivity index (χ3v) is 1.98. The monoisotopic (exact) mass is 244 g/mol. The summed E-state index contributed by atoms with van der Waals surface area (Å²) in [4.78, 5) is 14.3. The highest BCUT2D eigenvalue weighted by molar-refractivity contribution is 6.16. The minimum atomic E-state index is -4.77. The molecule has 0 bridgehead atoms. The van der Waals surface area contributed by atoms with Crippen molar-refractivity contribution in [2.75, 3.05) is 0 Å². The molecule has 0 aromatic rings. The topological polar surface area (TPSA) is 58.9 Å². The molecule has 0 fully saturated rings. The summed E-state index contributed by atoms with van der Waals surface area (Å²) in [5.74, 6) is -1.24. The Hall–Kier alpha value is -1.89. The van der Waals surface area contributed by atoms with Gasteiger partial charge in [0.1, 0.15) is 5.70 Å². The van der Waals surface area contributed by atoms with Crippen LogP contribution in [-0.2, 0) is 9.53 Å². The molecule has 0 spiro atoms.